The maximum absolute atomic E-state index is 14.4. The number of benzene rings is 2. The highest BCUT2D eigenvalue weighted by Gasteiger charge is 2.41. The Bertz CT molecular complexity index is 1730. The molecule has 2 saturated heterocycles. The third-order valence-corrected chi connectivity index (χ3v) is 11.8. The number of carbonyl (C=O) groups is 6. The Morgan fingerprint density at radius 3 is 1.64 bits per heavy atom. The lowest BCUT2D eigenvalue weighted by atomic mass is 9.96. The number of hydrogen-bond acceptors (Lipinski definition) is 8. The van der Waals surface area contributed by atoms with E-state index in [1.165, 1.54) is 11.8 Å². The molecule has 1 unspecified atom stereocenters. The highest BCUT2D eigenvalue weighted by Crippen LogP contribution is 2.26. The van der Waals surface area contributed by atoms with Gasteiger partial charge in [0.05, 0.1) is 17.5 Å². The van der Waals surface area contributed by atoms with Gasteiger partial charge < -0.3 is 31.9 Å². The molecule has 2 aromatic rings. The second-order valence-corrected chi connectivity index (χ2v) is 18.2. The number of hydrogen-bond donors (Lipinski definition) is 7. The highest BCUT2D eigenvalue weighted by molar-refractivity contribution is 8.00. The molecular formula is C42H63N7O6S. The summed E-state index contributed by atoms with van der Waals surface area (Å²) in [4.78, 5) is 84.3. The first-order valence-electron chi connectivity index (χ1n) is 20.0. The van der Waals surface area contributed by atoms with Gasteiger partial charge in [-0.1, -0.05) is 112 Å². The molecule has 0 radical (unpaired) electrons. The molecule has 0 aliphatic carbocycles. The maximum Gasteiger partial charge on any atom is 0.243 e. The molecule has 14 heteroatoms. The summed E-state index contributed by atoms with van der Waals surface area (Å²) in [6, 6.07) is 7.43. The van der Waals surface area contributed by atoms with Gasteiger partial charge in [0.25, 0.3) is 0 Å². The van der Waals surface area contributed by atoms with Crippen LogP contribution in [-0.4, -0.2) is 88.9 Å². The van der Waals surface area contributed by atoms with Crippen LogP contribution in [0.15, 0.2) is 42.5 Å². The molecule has 7 N–H and O–H groups in total. The summed E-state index contributed by atoms with van der Waals surface area (Å²) in [6.45, 7) is 18.7. The van der Waals surface area contributed by atoms with Crippen molar-refractivity contribution in [2.75, 3.05) is 5.75 Å². The van der Waals surface area contributed by atoms with Crippen molar-refractivity contribution in [3.05, 3.63) is 48.0 Å². The first kappa shape index (κ1) is 44.5. The summed E-state index contributed by atoms with van der Waals surface area (Å²) in [5.74, 6) is -3.56. The molecule has 0 aromatic heterocycles. The van der Waals surface area contributed by atoms with Crippen molar-refractivity contribution in [2.24, 2.45) is 29.6 Å². The predicted molar refractivity (Wildman–Crippen MR) is 221 cm³/mol. The second kappa shape index (κ2) is 19.8. The van der Waals surface area contributed by atoms with Crippen LogP contribution in [0.25, 0.3) is 10.8 Å². The van der Waals surface area contributed by atoms with Crippen LogP contribution in [0.5, 0.6) is 0 Å². The van der Waals surface area contributed by atoms with E-state index in [4.69, 9.17) is 0 Å². The van der Waals surface area contributed by atoms with Crippen molar-refractivity contribution in [1.82, 2.24) is 37.2 Å². The van der Waals surface area contributed by atoms with E-state index in [0.29, 0.717) is 5.75 Å². The molecule has 8 atom stereocenters. The van der Waals surface area contributed by atoms with Gasteiger partial charge >= 0.3 is 0 Å². The Morgan fingerprint density at radius 2 is 1.05 bits per heavy atom. The minimum atomic E-state index is -1.12. The van der Waals surface area contributed by atoms with Crippen molar-refractivity contribution in [3.63, 3.8) is 0 Å². The van der Waals surface area contributed by atoms with Crippen molar-refractivity contribution in [3.8, 4) is 0 Å². The fraction of sp³-hybridized carbons (Fsp3) is 0.619. The van der Waals surface area contributed by atoms with Crippen LogP contribution in [0.4, 0.5) is 0 Å². The van der Waals surface area contributed by atoms with Crippen molar-refractivity contribution < 1.29 is 28.8 Å². The molecule has 4 rings (SSSR count). The summed E-state index contributed by atoms with van der Waals surface area (Å²) in [5.41, 5.74) is 0.821. The number of nitrogens with one attached hydrogen (secondary N) is 7. The van der Waals surface area contributed by atoms with Crippen LogP contribution in [0.3, 0.4) is 0 Å². The molecule has 2 aromatic carbocycles. The summed E-state index contributed by atoms with van der Waals surface area (Å²) < 4.78 is 0. The number of carbonyl (C=O) groups excluding carboxylic acids is 6. The molecule has 0 saturated carbocycles. The van der Waals surface area contributed by atoms with Crippen LogP contribution < -0.4 is 37.2 Å². The Kier molecular flexibility index (Phi) is 15.8. The van der Waals surface area contributed by atoms with Crippen molar-refractivity contribution >= 4 is 58.0 Å². The van der Waals surface area contributed by atoms with Crippen LogP contribution in [0, 0.1) is 29.6 Å². The van der Waals surface area contributed by atoms with Gasteiger partial charge in [-0.3, -0.25) is 34.1 Å². The van der Waals surface area contributed by atoms with Gasteiger partial charge in [0.15, 0.2) is 0 Å². The lowest BCUT2D eigenvalue weighted by Crippen LogP contribution is -2.61. The molecular weight excluding hydrogens is 731 g/mol. The monoisotopic (exact) mass is 793 g/mol. The van der Waals surface area contributed by atoms with E-state index < -0.39 is 65.9 Å². The van der Waals surface area contributed by atoms with E-state index in [2.05, 4.69) is 37.2 Å². The van der Waals surface area contributed by atoms with Crippen molar-refractivity contribution in [2.45, 2.75) is 130 Å². The summed E-state index contributed by atoms with van der Waals surface area (Å²) in [7, 11) is 0. The zero-order valence-corrected chi connectivity index (χ0v) is 35.3. The molecule has 2 aliphatic rings. The zero-order chi connectivity index (χ0) is 41.4. The van der Waals surface area contributed by atoms with Gasteiger partial charge in [-0.25, -0.2) is 0 Å². The third kappa shape index (κ3) is 11.5. The Labute approximate surface area is 336 Å². The van der Waals surface area contributed by atoms with E-state index in [0.717, 1.165) is 16.3 Å². The Morgan fingerprint density at radius 1 is 0.554 bits per heavy atom. The van der Waals surface area contributed by atoms with Gasteiger partial charge in [0.1, 0.15) is 30.2 Å². The van der Waals surface area contributed by atoms with Gasteiger partial charge in [-0.05, 0) is 52.3 Å². The molecule has 6 amide bonds. The number of thioether (sulfide) groups is 1. The van der Waals surface area contributed by atoms with E-state index in [1.807, 2.05) is 97.9 Å². The van der Waals surface area contributed by atoms with E-state index in [-0.39, 0.29) is 59.6 Å². The first-order chi connectivity index (χ1) is 26.4. The molecule has 2 fully saturated rings. The van der Waals surface area contributed by atoms with Crippen LogP contribution in [0.1, 0.15) is 81.2 Å². The standard InChI is InChI=1S/C42H63N7O6S/c1-21(2)18-29-37(51)46-33(23(5)6)40(54)48-34(24(7)8)41(55)49-35(25(9)10)42-45-31(20-56-42)38(52)47-32(22(3)4)39(53)44-30(36(50)43-29)19-27-16-13-15-26-14-11-12-17-28(26)27/h11-17,21-25,29-35,42,45H,18-20H2,1-10H3,(H,43,50)(H,44,53)(H,46,51)(H,47,52)(H,48,54)(H,49,55)/t29-,30+,31+,32-,33+,34-,35+,42?/m1/s1. The molecule has 56 heavy (non-hydrogen) atoms. The number of fused-ring (bicyclic) bond motifs is 3. The molecule has 2 bridgehead atoms. The van der Waals surface area contributed by atoms with E-state index in [9.17, 15) is 28.8 Å². The minimum absolute atomic E-state index is 0.0245. The van der Waals surface area contributed by atoms with Crippen LogP contribution in [0.2, 0.25) is 0 Å². The van der Waals surface area contributed by atoms with Crippen molar-refractivity contribution in [1.29, 1.82) is 0 Å². The lowest BCUT2D eigenvalue weighted by Gasteiger charge is -2.32. The average Bonchev–Trinajstić information content (AvgIpc) is 3.62. The minimum Gasteiger partial charge on any atom is -0.349 e. The number of rotatable bonds is 8. The Hall–Kier alpha value is -4.17. The predicted octanol–water partition coefficient (Wildman–Crippen LogP) is 3.01. The van der Waals surface area contributed by atoms with Gasteiger partial charge in [-0.15, -0.1) is 11.8 Å². The van der Waals surface area contributed by atoms with Crippen LogP contribution >= 0.6 is 11.8 Å². The number of amides is 6. The molecule has 2 aliphatic heterocycles. The van der Waals surface area contributed by atoms with E-state index >= 15 is 0 Å². The van der Waals surface area contributed by atoms with Gasteiger partial charge in [-0.2, -0.15) is 0 Å². The smallest absolute Gasteiger partial charge is 0.243 e. The molecule has 0 spiro atoms. The quantitative estimate of drug-likeness (QED) is 0.213. The summed E-state index contributed by atoms with van der Waals surface area (Å²) >= 11 is 1.50. The lowest BCUT2D eigenvalue weighted by molar-refractivity contribution is -0.136. The topological polar surface area (TPSA) is 187 Å². The van der Waals surface area contributed by atoms with Gasteiger partial charge in [0.2, 0.25) is 35.4 Å². The average molecular weight is 794 g/mol. The normalized spacial score (nSPS) is 27.8. The summed E-state index contributed by atoms with van der Waals surface area (Å²) in [5, 5.41) is 22.6. The maximum atomic E-state index is 14.4. The largest absolute Gasteiger partial charge is 0.349 e. The second-order valence-electron chi connectivity index (χ2n) is 17.0. The van der Waals surface area contributed by atoms with E-state index in [1.54, 1.807) is 13.8 Å². The molecule has 13 nitrogen and oxygen atoms in total. The molecule has 308 valence electrons. The highest BCUT2D eigenvalue weighted by atomic mass is 32.2. The fourth-order valence-corrected chi connectivity index (χ4v) is 8.69. The summed E-state index contributed by atoms with van der Waals surface area (Å²) in [6.07, 6.45) is 0.367. The first-order valence-corrected chi connectivity index (χ1v) is 21.1. The fourth-order valence-electron chi connectivity index (χ4n) is 7.19. The van der Waals surface area contributed by atoms with Crippen LogP contribution in [-0.2, 0) is 35.2 Å². The van der Waals surface area contributed by atoms with Gasteiger partial charge in [0, 0.05) is 12.2 Å². The Balaban J connectivity index is 1.77. The third-order valence-electron chi connectivity index (χ3n) is 10.5. The SMILES string of the molecule is CC(C)C[C@H]1NC(=O)[C@H](Cc2cccc3ccccc23)NC(=O)[C@@H](C(C)C)NC(=O)[C@@H]2CSC(N2)[C@H](C(C)C)NC(=O)[C@@H](C(C)C)NC(=O)[C@H](C(C)C)NC1=O. The zero-order valence-electron chi connectivity index (χ0n) is 34.5. The molecule has 2 heterocycles.